The summed E-state index contributed by atoms with van der Waals surface area (Å²) in [6, 6.07) is 14.0. The zero-order chi connectivity index (χ0) is 35.1. The van der Waals surface area contributed by atoms with Crippen molar-refractivity contribution in [2.24, 2.45) is 5.92 Å². The van der Waals surface area contributed by atoms with Crippen molar-refractivity contribution in [2.75, 3.05) is 12.4 Å². The first-order chi connectivity index (χ1) is 22.5. The van der Waals surface area contributed by atoms with Gasteiger partial charge >= 0.3 is 6.18 Å². The van der Waals surface area contributed by atoms with E-state index in [4.69, 9.17) is 39.5 Å². The summed E-state index contributed by atoms with van der Waals surface area (Å²) in [6.07, 6.45) is -6.20. The maximum atomic E-state index is 15.5. The predicted molar refractivity (Wildman–Crippen MR) is 168 cm³/mol. The van der Waals surface area contributed by atoms with E-state index >= 15 is 4.39 Å². The number of amides is 1. The van der Waals surface area contributed by atoms with Gasteiger partial charge in [0.2, 0.25) is 5.91 Å². The van der Waals surface area contributed by atoms with E-state index in [1.165, 1.54) is 49.6 Å². The molecule has 1 fully saturated rings. The monoisotopic (exact) mass is 727 g/mol. The molecular formula is C34H22Cl3F6NO4. The van der Waals surface area contributed by atoms with Crippen LogP contribution >= 0.6 is 34.8 Å². The number of hydrogen-bond donors (Lipinski definition) is 1. The van der Waals surface area contributed by atoms with Crippen molar-refractivity contribution < 1.29 is 45.5 Å². The van der Waals surface area contributed by atoms with E-state index in [1.54, 1.807) is 0 Å². The Labute approximate surface area is 284 Å². The van der Waals surface area contributed by atoms with Crippen LogP contribution in [0.3, 0.4) is 0 Å². The Morgan fingerprint density at radius 1 is 0.854 bits per heavy atom. The number of rotatable bonds is 10. The standard InChI is InChI=1S/C34H22Cl3F6NO4/c1-48-20-7-2-16(3-8-20)27(45)15-22-25(38)10-5-18(31(22)40)13-28(46)21-14-19(6-9-24(21)35)44-32(47)30-29(33(30,36)37)17-4-11-26(39)23(12-17)34(41,42)43/h2-12,14,29-30H,13,15H2,1H3,(H,44,47)/t29-,30+/m0/s1. The molecule has 2 atom stereocenters. The van der Waals surface area contributed by atoms with Gasteiger partial charge < -0.3 is 10.1 Å². The van der Waals surface area contributed by atoms with Crippen LogP contribution in [0.1, 0.15) is 48.9 Å². The summed E-state index contributed by atoms with van der Waals surface area (Å²) in [7, 11) is 1.44. The molecular weight excluding hydrogens is 707 g/mol. The molecule has 0 aliphatic heterocycles. The van der Waals surface area contributed by atoms with Crippen LogP contribution in [-0.2, 0) is 23.8 Å². The largest absolute Gasteiger partial charge is 0.497 e. The van der Waals surface area contributed by atoms with E-state index in [0.717, 1.165) is 18.2 Å². The van der Waals surface area contributed by atoms with Crippen molar-refractivity contribution in [1.29, 1.82) is 0 Å². The zero-order valence-electron chi connectivity index (χ0n) is 24.5. The maximum absolute atomic E-state index is 15.5. The summed E-state index contributed by atoms with van der Waals surface area (Å²) in [5.74, 6) is -7.51. The number of methoxy groups -OCH3 is 1. The lowest BCUT2D eigenvalue weighted by Gasteiger charge is -2.12. The van der Waals surface area contributed by atoms with Gasteiger partial charge in [-0.3, -0.25) is 14.4 Å². The summed E-state index contributed by atoms with van der Waals surface area (Å²) in [5.41, 5.74) is -2.29. The van der Waals surface area contributed by atoms with E-state index in [2.05, 4.69) is 5.32 Å². The van der Waals surface area contributed by atoms with Crippen molar-refractivity contribution in [1.82, 2.24) is 0 Å². The summed E-state index contributed by atoms with van der Waals surface area (Å²) in [6.45, 7) is 0. The molecule has 14 heteroatoms. The van der Waals surface area contributed by atoms with Crippen LogP contribution in [0.5, 0.6) is 5.75 Å². The molecule has 5 nitrogen and oxygen atoms in total. The lowest BCUT2D eigenvalue weighted by molar-refractivity contribution is -0.140. The molecule has 1 saturated carbocycles. The first-order valence-corrected chi connectivity index (χ1v) is 15.2. The van der Waals surface area contributed by atoms with Crippen LogP contribution in [-0.4, -0.2) is 28.9 Å². The number of ether oxygens (including phenoxy) is 1. The molecule has 48 heavy (non-hydrogen) atoms. The molecule has 5 rings (SSSR count). The predicted octanol–water partition coefficient (Wildman–Crippen LogP) is 9.16. The molecule has 4 aromatic carbocycles. The van der Waals surface area contributed by atoms with E-state index < -0.39 is 81.2 Å². The zero-order valence-corrected chi connectivity index (χ0v) is 26.8. The first-order valence-electron chi connectivity index (χ1n) is 14.0. The van der Waals surface area contributed by atoms with Crippen molar-refractivity contribution in [3.8, 4) is 5.75 Å². The fourth-order valence-electron chi connectivity index (χ4n) is 5.31. The highest BCUT2D eigenvalue weighted by molar-refractivity contribution is 6.53. The van der Waals surface area contributed by atoms with Gasteiger partial charge in [-0.25, -0.2) is 13.2 Å². The molecule has 0 aromatic heterocycles. The number of carbonyl (C=O) groups is 3. The number of anilines is 1. The van der Waals surface area contributed by atoms with Gasteiger partial charge in [0.15, 0.2) is 11.6 Å². The van der Waals surface area contributed by atoms with Crippen LogP contribution in [0, 0.1) is 23.4 Å². The highest BCUT2D eigenvalue weighted by atomic mass is 35.5. The van der Waals surface area contributed by atoms with Gasteiger partial charge in [0.25, 0.3) is 0 Å². The molecule has 0 spiro atoms. The topological polar surface area (TPSA) is 72.5 Å². The smallest absolute Gasteiger partial charge is 0.419 e. The molecule has 0 unspecified atom stereocenters. The van der Waals surface area contributed by atoms with Crippen LogP contribution in [0.15, 0.2) is 72.8 Å². The molecule has 0 saturated heterocycles. The average Bonchev–Trinajstić information content (AvgIpc) is 3.62. The van der Waals surface area contributed by atoms with Gasteiger partial charge in [0.05, 0.1) is 23.6 Å². The number of carbonyl (C=O) groups excluding carboxylic acids is 3. The molecule has 1 N–H and O–H groups in total. The third kappa shape index (κ3) is 7.18. The molecule has 1 amide bonds. The Kier molecular flexibility index (Phi) is 9.88. The normalized spacial score (nSPS) is 16.7. The lowest BCUT2D eigenvalue weighted by atomic mass is 9.96. The Morgan fingerprint density at radius 2 is 1.52 bits per heavy atom. The number of Topliss-reactive ketones (excluding diaryl/α,β-unsaturated/α-hetero) is 2. The molecule has 0 heterocycles. The molecule has 0 radical (unpaired) electrons. The summed E-state index contributed by atoms with van der Waals surface area (Å²) in [5, 5.41) is 2.43. The van der Waals surface area contributed by atoms with Gasteiger partial charge in [-0.1, -0.05) is 23.7 Å². The third-order valence-corrected chi connectivity index (χ3v) is 9.16. The number of ketones is 2. The molecule has 1 aliphatic rings. The first kappa shape index (κ1) is 35.3. The van der Waals surface area contributed by atoms with Crippen LogP contribution < -0.4 is 10.1 Å². The molecule has 1 aliphatic carbocycles. The summed E-state index contributed by atoms with van der Waals surface area (Å²) < 4.78 is 86.8. The van der Waals surface area contributed by atoms with Crippen LogP contribution in [0.25, 0.3) is 0 Å². The maximum Gasteiger partial charge on any atom is 0.419 e. The average molecular weight is 729 g/mol. The van der Waals surface area contributed by atoms with Gasteiger partial charge in [-0.15, -0.1) is 23.2 Å². The summed E-state index contributed by atoms with van der Waals surface area (Å²) >= 11 is 18.7. The Bertz CT molecular complexity index is 1930. The number of hydrogen-bond acceptors (Lipinski definition) is 4. The van der Waals surface area contributed by atoms with Crippen molar-refractivity contribution in [3.05, 3.63) is 129 Å². The second-order valence-corrected chi connectivity index (χ2v) is 12.8. The summed E-state index contributed by atoms with van der Waals surface area (Å²) in [4.78, 5) is 39.1. The minimum Gasteiger partial charge on any atom is -0.497 e. The number of halogens is 9. The van der Waals surface area contributed by atoms with Crippen molar-refractivity contribution >= 4 is 58.0 Å². The van der Waals surface area contributed by atoms with Gasteiger partial charge in [-0.2, -0.15) is 13.2 Å². The van der Waals surface area contributed by atoms with E-state index in [-0.39, 0.29) is 33.0 Å². The minimum absolute atomic E-state index is 0.0305. The van der Waals surface area contributed by atoms with E-state index in [0.29, 0.717) is 17.9 Å². The molecule has 0 bridgehead atoms. The third-order valence-electron chi connectivity index (χ3n) is 7.89. The number of benzene rings is 4. The van der Waals surface area contributed by atoms with Gasteiger partial charge in [-0.05, 0) is 71.8 Å². The van der Waals surface area contributed by atoms with Crippen molar-refractivity contribution in [2.45, 2.75) is 29.3 Å². The number of alkyl halides is 5. The number of nitrogens with one attached hydrogen (secondary N) is 1. The Morgan fingerprint density at radius 3 is 2.17 bits per heavy atom. The lowest BCUT2D eigenvalue weighted by Crippen LogP contribution is -2.18. The highest BCUT2D eigenvalue weighted by Gasteiger charge is 2.67. The Hall–Kier alpha value is -4.06. The fraction of sp³-hybridized carbons (Fsp3) is 0.206. The van der Waals surface area contributed by atoms with E-state index in [9.17, 15) is 36.3 Å². The Balaban J connectivity index is 1.31. The van der Waals surface area contributed by atoms with Crippen LogP contribution in [0.4, 0.5) is 32.0 Å². The SMILES string of the molecule is COc1ccc(C(=O)Cc2c(F)ccc(CC(=O)c3cc(NC(=O)[C@H]4[C@H](c5ccc(F)c(C(F)(F)F)c5)C4(Cl)Cl)ccc3Cl)c2F)cc1. The highest BCUT2D eigenvalue weighted by Crippen LogP contribution is 2.65. The second kappa shape index (κ2) is 13.4. The van der Waals surface area contributed by atoms with E-state index in [1.807, 2.05) is 0 Å². The minimum atomic E-state index is -4.99. The van der Waals surface area contributed by atoms with Gasteiger partial charge in [0.1, 0.15) is 27.5 Å². The second-order valence-electron chi connectivity index (χ2n) is 11.0. The molecule has 4 aromatic rings. The van der Waals surface area contributed by atoms with Gasteiger partial charge in [0, 0.05) is 41.1 Å². The van der Waals surface area contributed by atoms with Crippen LogP contribution in [0.2, 0.25) is 5.02 Å². The quantitative estimate of drug-likeness (QED) is 0.101. The fourth-order valence-corrected chi connectivity index (χ4v) is 6.36. The molecule has 250 valence electrons. The van der Waals surface area contributed by atoms with Crippen molar-refractivity contribution in [3.63, 3.8) is 0 Å².